The zero-order chi connectivity index (χ0) is 24.6. The Labute approximate surface area is 212 Å². The molecule has 1 unspecified atom stereocenters. The number of benzene rings is 2. The summed E-state index contributed by atoms with van der Waals surface area (Å²) in [7, 11) is -3.64. The summed E-state index contributed by atoms with van der Waals surface area (Å²) in [5.74, 6) is -0.645. The minimum atomic E-state index is -3.64. The highest BCUT2D eigenvalue weighted by molar-refractivity contribution is 9.10. The van der Waals surface area contributed by atoms with Gasteiger partial charge in [0.1, 0.15) is 5.82 Å². The van der Waals surface area contributed by atoms with Crippen LogP contribution in [0.4, 0.5) is 10.1 Å². The summed E-state index contributed by atoms with van der Waals surface area (Å²) in [4.78, 5) is 21.9. The predicted octanol–water partition coefficient (Wildman–Crippen LogP) is 3.89. The first-order chi connectivity index (χ1) is 16.8. The van der Waals surface area contributed by atoms with Crippen molar-refractivity contribution in [2.45, 2.75) is 17.7 Å². The third-order valence-corrected chi connectivity index (χ3v) is 9.21. The van der Waals surface area contributed by atoms with Gasteiger partial charge in [0.2, 0.25) is 15.9 Å². The molecule has 7 nitrogen and oxygen atoms in total. The number of hydrogen-bond donors (Lipinski definition) is 0. The van der Waals surface area contributed by atoms with Crippen molar-refractivity contribution in [1.82, 2.24) is 14.2 Å². The molecule has 0 aliphatic carbocycles. The Kier molecular flexibility index (Phi) is 6.78. The first-order valence-corrected chi connectivity index (χ1v) is 13.9. The normalized spacial score (nSPS) is 19.8. The number of nitrogens with zero attached hydrogens (tertiary/aromatic N) is 4. The van der Waals surface area contributed by atoms with E-state index in [1.807, 2.05) is 11.0 Å². The molecule has 5 rings (SSSR count). The van der Waals surface area contributed by atoms with Gasteiger partial charge in [-0.2, -0.15) is 4.31 Å². The van der Waals surface area contributed by atoms with Gasteiger partial charge in [0.05, 0.1) is 16.3 Å². The molecule has 184 valence electrons. The molecule has 1 atom stereocenters. The minimum absolute atomic E-state index is 0.0158. The van der Waals surface area contributed by atoms with E-state index in [0.717, 1.165) is 15.5 Å². The Hall–Kier alpha value is -2.56. The van der Waals surface area contributed by atoms with Gasteiger partial charge in [-0.25, -0.2) is 12.8 Å². The van der Waals surface area contributed by atoms with E-state index >= 15 is 0 Å². The zero-order valence-corrected chi connectivity index (χ0v) is 21.5. The Bertz CT molecular complexity index is 1340. The number of carbonyl (C=O) groups is 1. The van der Waals surface area contributed by atoms with Crippen molar-refractivity contribution < 1.29 is 17.6 Å². The summed E-state index contributed by atoms with van der Waals surface area (Å²) in [5.41, 5.74) is 1.59. The molecule has 2 fully saturated rings. The van der Waals surface area contributed by atoms with Crippen molar-refractivity contribution in [3.63, 3.8) is 0 Å². The lowest BCUT2D eigenvalue weighted by atomic mass is 9.97. The van der Waals surface area contributed by atoms with Gasteiger partial charge in [0.25, 0.3) is 0 Å². The molecule has 2 saturated heterocycles. The van der Waals surface area contributed by atoms with Crippen molar-refractivity contribution in [2.75, 3.05) is 44.2 Å². The summed E-state index contributed by atoms with van der Waals surface area (Å²) in [6, 6.07) is 13.1. The van der Waals surface area contributed by atoms with Crippen LogP contribution in [0.5, 0.6) is 0 Å². The van der Waals surface area contributed by atoms with Crippen LogP contribution in [0.2, 0.25) is 0 Å². The van der Waals surface area contributed by atoms with E-state index in [1.54, 1.807) is 36.5 Å². The van der Waals surface area contributed by atoms with Gasteiger partial charge < -0.3 is 9.80 Å². The molecule has 0 N–H and O–H groups in total. The molecule has 3 heterocycles. The first-order valence-electron chi connectivity index (χ1n) is 11.7. The Morgan fingerprint density at radius 1 is 1.00 bits per heavy atom. The van der Waals surface area contributed by atoms with Crippen molar-refractivity contribution in [2.24, 2.45) is 5.92 Å². The van der Waals surface area contributed by atoms with E-state index in [2.05, 4.69) is 25.8 Å². The number of carbonyl (C=O) groups excluding carboxylic acids is 1. The molecule has 0 bridgehead atoms. The van der Waals surface area contributed by atoms with Crippen molar-refractivity contribution in [3.8, 4) is 0 Å². The fourth-order valence-corrected chi connectivity index (χ4v) is 6.71. The third kappa shape index (κ3) is 4.92. The molecule has 0 radical (unpaired) electrons. The van der Waals surface area contributed by atoms with Crippen LogP contribution in [-0.4, -0.2) is 67.8 Å². The average Bonchev–Trinajstić information content (AvgIpc) is 2.88. The highest BCUT2D eigenvalue weighted by Gasteiger charge is 2.36. The summed E-state index contributed by atoms with van der Waals surface area (Å²) < 4.78 is 42.1. The maximum atomic E-state index is 13.6. The number of hydrogen-bond acceptors (Lipinski definition) is 5. The number of halogens is 2. The molecular weight excluding hydrogens is 535 g/mol. The standard InChI is InChI=1S/C25H26BrFN4O3S/c26-19-3-6-21(7-4-19)35(33,34)31-11-1-2-18(17-31)25(32)30-14-12-29(13-15-30)24-9-10-28-23-16-20(27)5-8-22(23)24/h3-10,16,18H,1-2,11-15,17H2. The molecule has 1 aromatic heterocycles. The Morgan fingerprint density at radius 3 is 2.49 bits per heavy atom. The molecular formula is C25H26BrFN4O3S. The van der Waals surface area contributed by atoms with E-state index in [1.165, 1.54) is 16.4 Å². The molecule has 2 aliphatic heterocycles. The fraction of sp³-hybridized carbons (Fsp3) is 0.360. The highest BCUT2D eigenvalue weighted by Crippen LogP contribution is 2.29. The molecule has 2 aromatic carbocycles. The average molecular weight is 561 g/mol. The summed E-state index contributed by atoms with van der Waals surface area (Å²) in [6.45, 7) is 3.04. The number of rotatable bonds is 4. The second-order valence-electron chi connectivity index (χ2n) is 8.96. The number of sulfonamides is 1. The van der Waals surface area contributed by atoms with Gasteiger partial charge in [0, 0.05) is 67.1 Å². The van der Waals surface area contributed by atoms with Crippen molar-refractivity contribution in [3.05, 3.63) is 65.0 Å². The minimum Gasteiger partial charge on any atom is -0.367 e. The fourth-order valence-electron chi connectivity index (χ4n) is 4.93. The molecule has 0 spiro atoms. The Balaban J connectivity index is 1.24. The predicted molar refractivity (Wildman–Crippen MR) is 136 cm³/mol. The number of pyridine rings is 1. The number of aromatic nitrogens is 1. The van der Waals surface area contributed by atoms with Gasteiger partial charge >= 0.3 is 0 Å². The molecule has 10 heteroatoms. The van der Waals surface area contributed by atoms with Crippen LogP contribution in [0.1, 0.15) is 12.8 Å². The molecule has 3 aromatic rings. The summed E-state index contributed by atoms with van der Waals surface area (Å²) in [5, 5.41) is 0.884. The smallest absolute Gasteiger partial charge is 0.243 e. The zero-order valence-electron chi connectivity index (χ0n) is 19.1. The SMILES string of the molecule is O=C(C1CCCN(S(=O)(=O)c2ccc(Br)cc2)C1)N1CCN(c2ccnc3cc(F)ccc23)CC1. The third-order valence-electron chi connectivity index (χ3n) is 6.80. The largest absolute Gasteiger partial charge is 0.367 e. The van der Waals surface area contributed by atoms with Crippen LogP contribution in [0, 0.1) is 11.7 Å². The second-order valence-corrected chi connectivity index (χ2v) is 11.8. The molecule has 35 heavy (non-hydrogen) atoms. The number of piperazine rings is 1. The van der Waals surface area contributed by atoms with E-state index in [0.29, 0.717) is 51.1 Å². The lowest BCUT2D eigenvalue weighted by Gasteiger charge is -2.39. The van der Waals surface area contributed by atoms with Crippen LogP contribution < -0.4 is 4.90 Å². The van der Waals surface area contributed by atoms with E-state index in [9.17, 15) is 17.6 Å². The van der Waals surface area contributed by atoms with E-state index < -0.39 is 10.0 Å². The van der Waals surface area contributed by atoms with Crippen LogP contribution in [0.15, 0.2) is 64.1 Å². The van der Waals surface area contributed by atoms with Gasteiger partial charge in [-0.15, -0.1) is 0 Å². The van der Waals surface area contributed by atoms with Gasteiger partial charge in [-0.3, -0.25) is 9.78 Å². The summed E-state index contributed by atoms with van der Waals surface area (Å²) >= 11 is 3.33. The number of amides is 1. The van der Waals surface area contributed by atoms with Crippen molar-refractivity contribution in [1.29, 1.82) is 0 Å². The monoisotopic (exact) mass is 560 g/mol. The van der Waals surface area contributed by atoms with Crippen LogP contribution in [0.3, 0.4) is 0 Å². The number of fused-ring (bicyclic) bond motifs is 1. The number of piperidine rings is 1. The van der Waals surface area contributed by atoms with E-state index in [-0.39, 0.29) is 29.1 Å². The second kappa shape index (κ2) is 9.83. The maximum Gasteiger partial charge on any atom is 0.243 e. The molecule has 1 amide bonds. The number of anilines is 1. The quantitative estimate of drug-likeness (QED) is 0.484. The summed E-state index contributed by atoms with van der Waals surface area (Å²) in [6.07, 6.45) is 3.02. The Morgan fingerprint density at radius 2 is 1.74 bits per heavy atom. The van der Waals surface area contributed by atoms with Crippen LogP contribution >= 0.6 is 15.9 Å². The van der Waals surface area contributed by atoms with Crippen LogP contribution in [0.25, 0.3) is 10.9 Å². The maximum absolute atomic E-state index is 13.6. The van der Waals surface area contributed by atoms with Gasteiger partial charge in [0.15, 0.2) is 0 Å². The lowest BCUT2D eigenvalue weighted by Crippen LogP contribution is -2.53. The van der Waals surface area contributed by atoms with Gasteiger partial charge in [-0.1, -0.05) is 15.9 Å². The molecule has 0 saturated carbocycles. The van der Waals surface area contributed by atoms with Gasteiger partial charge in [-0.05, 0) is 55.3 Å². The first kappa shape index (κ1) is 24.1. The van der Waals surface area contributed by atoms with E-state index in [4.69, 9.17) is 0 Å². The lowest BCUT2D eigenvalue weighted by molar-refractivity contribution is -0.137. The van der Waals surface area contributed by atoms with Crippen molar-refractivity contribution >= 4 is 48.5 Å². The van der Waals surface area contributed by atoms with Crippen LogP contribution in [-0.2, 0) is 14.8 Å². The molecule has 2 aliphatic rings. The topological polar surface area (TPSA) is 73.8 Å². The highest BCUT2D eigenvalue weighted by atomic mass is 79.9.